The fraction of sp³-hybridized carbons (Fsp3) is 0.333. The van der Waals surface area contributed by atoms with Gasteiger partial charge in [-0.15, -0.1) is 0 Å². The van der Waals surface area contributed by atoms with Gasteiger partial charge >= 0.3 is 5.97 Å². The van der Waals surface area contributed by atoms with Crippen molar-refractivity contribution < 1.29 is 34.2 Å². The summed E-state index contributed by atoms with van der Waals surface area (Å²) in [5, 5.41) is 25.6. The number of carbonyl (C=O) groups excluding carboxylic acids is 4. The fourth-order valence-corrected chi connectivity index (χ4v) is 3.02. The maximum Gasteiger partial charge on any atom is 0.326 e. The van der Waals surface area contributed by atoms with Crippen molar-refractivity contribution in [2.24, 2.45) is 11.5 Å². The van der Waals surface area contributed by atoms with Crippen LogP contribution in [0.15, 0.2) is 36.8 Å². The number of aliphatic carboxylic acids is 1. The van der Waals surface area contributed by atoms with E-state index in [2.05, 4.69) is 25.9 Å². The molecule has 2 aromatic rings. The Morgan fingerprint density at radius 1 is 1.00 bits per heavy atom. The van der Waals surface area contributed by atoms with Gasteiger partial charge < -0.3 is 42.6 Å². The van der Waals surface area contributed by atoms with E-state index in [0.717, 1.165) is 0 Å². The van der Waals surface area contributed by atoms with Gasteiger partial charge in [0.05, 0.1) is 25.3 Å². The molecule has 14 nitrogen and oxygen atoms in total. The van der Waals surface area contributed by atoms with Crippen molar-refractivity contribution in [1.82, 2.24) is 25.9 Å². The number of imidazole rings is 1. The first kappa shape index (κ1) is 26.8. The minimum Gasteiger partial charge on any atom is -0.508 e. The maximum absolute atomic E-state index is 12.6. The quantitative estimate of drug-likeness (QED) is 0.145. The van der Waals surface area contributed by atoms with Gasteiger partial charge in [-0.05, 0) is 17.7 Å². The molecule has 10 N–H and O–H groups in total. The van der Waals surface area contributed by atoms with Crippen LogP contribution in [0, 0.1) is 0 Å². The molecule has 1 heterocycles. The predicted molar refractivity (Wildman–Crippen MR) is 120 cm³/mol. The molecule has 1 aromatic heterocycles. The number of carboxylic acid groups (broad SMARTS) is 1. The molecule has 35 heavy (non-hydrogen) atoms. The van der Waals surface area contributed by atoms with E-state index in [-0.39, 0.29) is 18.6 Å². The molecule has 3 atom stereocenters. The molecule has 0 aliphatic heterocycles. The SMILES string of the molecule is NC(=O)CC(NC(=O)CNC(=O)C(N)Cc1cnc[nH]1)C(=O)NC(Cc1ccc(O)cc1)C(=O)O. The number of primary amides is 1. The number of H-pyrrole nitrogens is 1. The summed E-state index contributed by atoms with van der Waals surface area (Å²) < 4.78 is 0. The molecule has 0 aliphatic carbocycles. The second-order valence-corrected chi connectivity index (χ2v) is 7.67. The van der Waals surface area contributed by atoms with Crippen LogP contribution >= 0.6 is 0 Å². The minimum atomic E-state index is -1.47. The van der Waals surface area contributed by atoms with Gasteiger partial charge in [0.25, 0.3) is 0 Å². The second kappa shape index (κ2) is 12.7. The Morgan fingerprint density at radius 3 is 2.26 bits per heavy atom. The molecule has 0 bridgehead atoms. The maximum atomic E-state index is 12.6. The minimum absolute atomic E-state index is 0.0109. The summed E-state index contributed by atoms with van der Waals surface area (Å²) in [6, 6.07) is 1.86. The Bertz CT molecular complexity index is 1040. The lowest BCUT2D eigenvalue weighted by molar-refractivity contribution is -0.142. The zero-order valence-corrected chi connectivity index (χ0v) is 18.6. The summed E-state index contributed by atoms with van der Waals surface area (Å²) in [7, 11) is 0. The van der Waals surface area contributed by atoms with Crippen LogP contribution in [0.5, 0.6) is 5.75 Å². The van der Waals surface area contributed by atoms with E-state index < -0.39 is 60.7 Å². The van der Waals surface area contributed by atoms with Gasteiger partial charge in [-0.2, -0.15) is 0 Å². The van der Waals surface area contributed by atoms with E-state index >= 15 is 0 Å². The van der Waals surface area contributed by atoms with Crippen LogP contribution in [-0.2, 0) is 36.8 Å². The number of hydrogen-bond acceptors (Lipinski definition) is 8. The molecule has 1 aromatic carbocycles. The Balaban J connectivity index is 1.94. The number of hydrogen-bond donors (Lipinski definition) is 8. The van der Waals surface area contributed by atoms with Crippen molar-refractivity contribution >= 4 is 29.6 Å². The van der Waals surface area contributed by atoms with Crippen molar-refractivity contribution in [3.05, 3.63) is 48.0 Å². The molecule has 2 rings (SSSR count). The first-order chi connectivity index (χ1) is 16.5. The number of benzene rings is 1. The largest absolute Gasteiger partial charge is 0.508 e. The molecule has 14 heteroatoms. The first-order valence-corrected chi connectivity index (χ1v) is 10.4. The van der Waals surface area contributed by atoms with Crippen molar-refractivity contribution in [3.8, 4) is 5.75 Å². The smallest absolute Gasteiger partial charge is 0.326 e. The number of nitrogens with zero attached hydrogens (tertiary/aromatic N) is 1. The van der Waals surface area contributed by atoms with Crippen LogP contribution in [-0.4, -0.2) is 74.4 Å². The highest BCUT2D eigenvalue weighted by Crippen LogP contribution is 2.11. The van der Waals surface area contributed by atoms with Gasteiger partial charge in [-0.25, -0.2) is 9.78 Å². The number of carboxylic acids is 1. The van der Waals surface area contributed by atoms with Crippen LogP contribution in [0.1, 0.15) is 17.7 Å². The standard InChI is InChI=1S/C21H27N7O7/c22-14(6-12-8-24-10-26-12)19(32)25-9-18(31)27-15(7-17(23)30)20(33)28-16(21(34)35)5-11-1-3-13(29)4-2-11/h1-4,8,10,14-16,29H,5-7,9,22H2,(H2,23,30)(H,24,26)(H,25,32)(H,27,31)(H,28,33)(H,34,35). The summed E-state index contributed by atoms with van der Waals surface area (Å²) in [6.07, 6.45) is 2.35. The average molecular weight is 489 g/mol. The molecule has 0 radical (unpaired) electrons. The van der Waals surface area contributed by atoms with Gasteiger partial charge in [-0.1, -0.05) is 12.1 Å². The molecule has 4 amide bonds. The van der Waals surface area contributed by atoms with Gasteiger partial charge in [0.1, 0.15) is 17.8 Å². The van der Waals surface area contributed by atoms with Crippen molar-refractivity contribution in [2.75, 3.05) is 6.54 Å². The summed E-state index contributed by atoms with van der Waals surface area (Å²) in [6.45, 7) is -0.548. The van der Waals surface area contributed by atoms with Crippen LogP contribution < -0.4 is 27.4 Å². The Labute approximate surface area is 199 Å². The molecular formula is C21H27N7O7. The summed E-state index contributed by atoms with van der Waals surface area (Å²) >= 11 is 0. The fourth-order valence-electron chi connectivity index (χ4n) is 3.02. The Kier molecular flexibility index (Phi) is 9.71. The molecule has 188 valence electrons. The van der Waals surface area contributed by atoms with Crippen LogP contribution in [0.4, 0.5) is 0 Å². The normalized spacial score (nSPS) is 13.2. The number of amides is 4. The third-order valence-electron chi connectivity index (χ3n) is 4.80. The summed E-state index contributed by atoms with van der Waals surface area (Å²) in [5.41, 5.74) is 12.1. The molecule has 0 saturated heterocycles. The molecule has 3 unspecified atom stereocenters. The van der Waals surface area contributed by atoms with E-state index in [1.54, 1.807) is 0 Å². The highest BCUT2D eigenvalue weighted by Gasteiger charge is 2.28. The molecule has 0 aliphatic rings. The number of carbonyl (C=O) groups is 5. The van der Waals surface area contributed by atoms with Crippen LogP contribution in [0.2, 0.25) is 0 Å². The van der Waals surface area contributed by atoms with E-state index in [9.17, 15) is 34.2 Å². The molecular weight excluding hydrogens is 462 g/mol. The highest BCUT2D eigenvalue weighted by molar-refractivity contribution is 5.95. The van der Waals surface area contributed by atoms with Crippen LogP contribution in [0.25, 0.3) is 0 Å². The van der Waals surface area contributed by atoms with E-state index in [4.69, 9.17) is 11.5 Å². The number of aromatic amines is 1. The summed E-state index contributed by atoms with van der Waals surface area (Å²) in [4.78, 5) is 66.6. The molecule has 0 saturated carbocycles. The highest BCUT2D eigenvalue weighted by atomic mass is 16.4. The number of nitrogens with one attached hydrogen (secondary N) is 4. The van der Waals surface area contributed by atoms with Gasteiger partial charge in [-0.3, -0.25) is 19.2 Å². The number of phenolic OH excluding ortho intramolecular Hbond substituents is 1. The van der Waals surface area contributed by atoms with Crippen molar-refractivity contribution in [1.29, 1.82) is 0 Å². The molecule has 0 fully saturated rings. The Hall–Kier alpha value is -4.46. The monoisotopic (exact) mass is 489 g/mol. The zero-order valence-electron chi connectivity index (χ0n) is 18.6. The van der Waals surface area contributed by atoms with E-state index in [0.29, 0.717) is 11.3 Å². The van der Waals surface area contributed by atoms with Crippen LogP contribution in [0.3, 0.4) is 0 Å². The Morgan fingerprint density at radius 2 is 1.69 bits per heavy atom. The van der Waals surface area contributed by atoms with Crippen molar-refractivity contribution in [2.45, 2.75) is 37.4 Å². The van der Waals surface area contributed by atoms with E-state index in [1.807, 2.05) is 0 Å². The zero-order chi connectivity index (χ0) is 26.0. The lowest BCUT2D eigenvalue weighted by Crippen LogP contribution is -2.55. The average Bonchev–Trinajstić information content (AvgIpc) is 3.30. The third kappa shape index (κ3) is 9.13. The lowest BCUT2D eigenvalue weighted by atomic mass is 10.0. The number of aromatic nitrogens is 2. The first-order valence-electron chi connectivity index (χ1n) is 10.4. The van der Waals surface area contributed by atoms with Crippen molar-refractivity contribution in [3.63, 3.8) is 0 Å². The summed E-state index contributed by atoms with van der Waals surface area (Å²) in [5.74, 6) is -4.69. The molecule has 0 spiro atoms. The van der Waals surface area contributed by atoms with Gasteiger partial charge in [0.15, 0.2) is 0 Å². The topological polar surface area (TPSA) is 243 Å². The third-order valence-corrected chi connectivity index (χ3v) is 4.80. The number of rotatable bonds is 13. The number of aromatic hydroxyl groups is 1. The van der Waals surface area contributed by atoms with E-state index in [1.165, 1.54) is 36.8 Å². The van der Waals surface area contributed by atoms with Gasteiger partial charge in [0.2, 0.25) is 23.6 Å². The second-order valence-electron chi connectivity index (χ2n) is 7.67. The predicted octanol–water partition coefficient (Wildman–Crippen LogP) is -2.73. The van der Waals surface area contributed by atoms with Gasteiger partial charge in [0, 0.05) is 24.7 Å². The number of phenols is 1. The number of nitrogens with two attached hydrogens (primary N) is 2. The lowest BCUT2D eigenvalue weighted by Gasteiger charge is -2.21.